The van der Waals surface area contributed by atoms with Crippen LogP contribution in [0.5, 0.6) is 0 Å². The van der Waals surface area contributed by atoms with Gasteiger partial charge in [-0.2, -0.15) is 0 Å². The molecular formula is C10H14N4O2. The third-order valence-corrected chi connectivity index (χ3v) is 2.91. The summed E-state index contributed by atoms with van der Waals surface area (Å²) in [6.07, 6.45) is 3.81. The molecule has 0 radical (unpaired) electrons. The lowest BCUT2D eigenvalue weighted by atomic mass is 9.91. The van der Waals surface area contributed by atoms with Crippen LogP contribution in [0.2, 0.25) is 0 Å². The standard InChI is InChI=1S/C10H14N4O2/c1-14-5-9(12-13-14)7-2-3-8(11-4-7)10(16)6-15/h5-8,11H,2-4H2,1H3. The van der Waals surface area contributed by atoms with Crippen molar-refractivity contribution in [3.8, 4) is 0 Å². The molecule has 2 rings (SSSR count). The predicted octanol–water partition coefficient (Wildman–Crippen LogP) is -0.581. The largest absolute Gasteiger partial charge is 0.306 e. The Hall–Kier alpha value is -1.56. The molecule has 6 heteroatoms. The molecular weight excluding hydrogens is 208 g/mol. The Balaban J connectivity index is 1.95. The minimum atomic E-state index is -0.363. The predicted molar refractivity (Wildman–Crippen MR) is 55.8 cm³/mol. The van der Waals surface area contributed by atoms with Crippen LogP contribution >= 0.6 is 0 Å². The van der Waals surface area contributed by atoms with Crippen LogP contribution in [-0.2, 0) is 16.6 Å². The molecule has 0 aliphatic carbocycles. The Labute approximate surface area is 93.0 Å². The molecule has 1 aromatic heterocycles. The number of carbonyl (C=O) groups is 2. The summed E-state index contributed by atoms with van der Waals surface area (Å²) in [6.45, 7) is 0.670. The molecule has 86 valence electrons. The molecule has 0 saturated carbocycles. The number of aldehydes is 1. The van der Waals surface area contributed by atoms with Crippen molar-refractivity contribution in [2.75, 3.05) is 6.54 Å². The summed E-state index contributed by atoms with van der Waals surface area (Å²) in [5, 5.41) is 11.0. The van der Waals surface area contributed by atoms with Gasteiger partial charge in [0, 0.05) is 25.7 Å². The first-order valence-electron chi connectivity index (χ1n) is 5.29. The summed E-state index contributed by atoms with van der Waals surface area (Å²) in [7, 11) is 1.82. The van der Waals surface area contributed by atoms with Crippen molar-refractivity contribution in [3.63, 3.8) is 0 Å². The summed E-state index contributed by atoms with van der Waals surface area (Å²) in [5.74, 6) is -0.0815. The van der Waals surface area contributed by atoms with Gasteiger partial charge in [0.15, 0.2) is 6.29 Å². The quantitative estimate of drug-likeness (QED) is 0.547. The zero-order valence-electron chi connectivity index (χ0n) is 9.09. The molecule has 0 amide bonds. The van der Waals surface area contributed by atoms with E-state index in [2.05, 4.69) is 15.6 Å². The number of aromatic nitrogens is 3. The topological polar surface area (TPSA) is 76.9 Å². The zero-order valence-corrected chi connectivity index (χ0v) is 9.09. The average Bonchev–Trinajstić information content (AvgIpc) is 2.75. The number of carbonyl (C=O) groups excluding carboxylic acids is 2. The van der Waals surface area contributed by atoms with Crippen LogP contribution in [0.1, 0.15) is 24.5 Å². The minimum absolute atomic E-state index is 0.282. The van der Waals surface area contributed by atoms with Gasteiger partial charge in [0.2, 0.25) is 5.78 Å². The van der Waals surface area contributed by atoms with E-state index >= 15 is 0 Å². The number of hydrogen-bond donors (Lipinski definition) is 1. The fourth-order valence-electron chi connectivity index (χ4n) is 1.99. The number of nitrogens with zero attached hydrogens (tertiary/aromatic N) is 3. The van der Waals surface area contributed by atoms with Crippen LogP contribution in [0.3, 0.4) is 0 Å². The maximum Gasteiger partial charge on any atom is 0.212 e. The monoisotopic (exact) mass is 222 g/mol. The zero-order chi connectivity index (χ0) is 11.5. The van der Waals surface area contributed by atoms with E-state index in [1.807, 2.05) is 13.2 Å². The van der Waals surface area contributed by atoms with Crippen molar-refractivity contribution < 1.29 is 9.59 Å². The Morgan fingerprint density at radius 3 is 2.94 bits per heavy atom. The van der Waals surface area contributed by atoms with E-state index in [1.54, 1.807) is 4.68 Å². The maximum absolute atomic E-state index is 11.2. The molecule has 1 fully saturated rings. The lowest BCUT2D eigenvalue weighted by Crippen LogP contribution is -2.43. The van der Waals surface area contributed by atoms with Crippen LogP contribution in [0.25, 0.3) is 0 Å². The van der Waals surface area contributed by atoms with Crippen LogP contribution in [0.15, 0.2) is 6.20 Å². The highest BCUT2D eigenvalue weighted by Gasteiger charge is 2.27. The van der Waals surface area contributed by atoms with Crippen molar-refractivity contribution in [1.82, 2.24) is 20.3 Å². The van der Waals surface area contributed by atoms with Gasteiger partial charge in [-0.15, -0.1) is 5.10 Å². The van der Waals surface area contributed by atoms with Crippen molar-refractivity contribution >= 4 is 12.1 Å². The van der Waals surface area contributed by atoms with Gasteiger partial charge in [-0.1, -0.05) is 5.21 Å². The fraction of sp³-hybridized carbons (Fsp3) is 0.600. The number of aryl methyl sites for hydroxylation is 1. The van der Waals surface area contributed by atoms with E-state index in [0.717, 1.165) is 12.1 Å². The van der Waals surface area contributed by atoms with E-state index in [1.165, 1.54) is 0 Å². The Kier molecular flexibility index (Phi) is 3.09. The SMILES string of the molecule is Cn1cc(C2CCC(C(=O)C=O)NC2)nn1. The van der Waals surface area contributed by atoms with Crippen LogP contribution < -0.4 is 5.32 Å². The lowest BCUT2D eigenvalue weighted by molar-refractivity contribution is -0.131. The molecule has 2 atom stereocenters. The van der Waals surface area contributed by atoms with Crippen molar-refractivity contribution in [1.29, 1.82) is 0 Å². The second-order valence-electron chi connectivity index (χ2n) is 4.07. The third-order valence-electron chi connectivity index (χ3n) is 2.91. The van der Waals surface area contributed by atoms with Gasteiger partial charge in [0.1, 0.15) is 0 Å². The second-order valence-corrected chi connectivity index (χ2v) is 4.07. The number of rotatable bonds is 3. The molecule has 1 aromatic rings. The van der Waals surface area contributed by atoms with E-state index in [9.17, 15) is 9.59 Å². The summed E-state index contributed by atoms with van der Waals surface area (Å²) >= 11 is 0. The number of hydrogen-bond acceptors (Lipinski definition) is 5. The van der Waals surface area contributed by atoms with Crippen LogP contribution in [-0.4, -0.2) is 39.6 Å². The van der Waals surface area contributed by atoms with Gasteiger partial charge in [0.25, 0.3) is 0 Å². The van der Waals surface area contributed by atoms with Crippen molar-refractivity contribution in [3.05, 3.63) is 11.9 Å². The molecule has 1 aliphatic heterocycles. The summed E-state index contributed by atoms with van der Waals surface area (Å²) in [6, 6.07) is -0.314. The molecule has 0 aromatic carbocycles. The van der Waals surface area contributed by atoms with E-state index in [4.69, 9.17) is 0 Å². The molecule has 2 unspecified atom stereocenters. The Bertz CT molecular complexity index is 393. The van der Waals surface area contributed by atoms with E-state index in [0.29, 0.717) is 19.3 Å². The number of Topliss-reactive ketones (excluding diaryl/α,β-unsaturated/α-hetero) is 1. The number of piperidine rings is 1. The molecule has 6 nitrogen and oxygen atoms in total. The molecule has 0 spiro atoms. The molecule has 0 bridgehead atoms. The summed E-state index contributed by atoms with van der Waals surface area (Å²) in [5.41, 5.74) is 0.937. The summed E-state index contributed by atoms with van der Waals surface area (Å²) in [4.78, 5) is 21.5. The smallest absolute Gasteiger partial charge is 0.212 e. The third kappa shape index (κ3) is 2.16. The normalized spacial score (nSPS) is 25.3. The molecule has 1 saturated heterocycles. The highest BCUT2D eigenvalue weighted by molar-refractivity contribution is 6.27. The Morgan fingerprint density at radius 1 is 1.62 bits per heavy atom. The first kappa shape index (κ1) is 10.9. The minimum Gasteiger partial charge on any atom is -0.306 e. The first-order chi connectivity index (χ1) is 7.70. The Morgan fingerprint density at radius 2 is 2.44 bits per heavy atom. The highest BCUT2D eigenvalue weighted by atomic mass is 16.2. The van der Waals surface area contributed by atoms with E-state index < -0.39 is 0 Å². The number of ketones is 1. The molecule has 1 N–H and O–H groups in total. The van der Waals surface area contributed by atoms with Crippen molar-refractivity contribution in [2.24, 2.45) is 7.05 Å². The maximum atomic E-state index is 11.2. The molecule has 2 heterocycles. The van der Waals surface area contributed by atoms with Gasteiger partial charge < -0.3 is 5.32 Å². The van der Waals surface area contributed by atoms with Gasteiger partial charge in [-0.25, -0.2) is 0 Å². The van der Waals surface area contributed by atoms with Gasteiger partial charge in [-0.05, 0) is 12.8 Å². The molecule has 16 heavy (non-hydrogen) atoms. The van der Waals surface area contributed by atoms with E-state index in [-0.39, 0.29) is 17.7 Å². The van der Waals surface area contributed by atoms with Gasteiger partial charge in [0.05, 0.1) is 11.7 Å². The highest BCUT2D eigenvalue weighted by Crippen LogP contribution is 2.23. The average molecular weight is 222 g/mol. The van der Waals surface area contributed by atoms with Gasteiger partial charge >= 0.3 is 0 Å². The van der Waals surface area contributed by atoms with Crippen molar-refractivity contribution in [2.45, 2.75) is 24.8 Å². The first-order valence-corrected chi connectivity index (χ1v) is 5.29. The number of nitrogens with one attached hydrogen (secondary N) is 1. The second kappa shape index (κ2) is 4.52. The summed E-state index contributed by atoms with van der Waals surface area (Å²) < 4.78 is 1.66. The fourth-order valence-corrected chi connectivity index (χ4v) is 1.99. The molecule has 1 aliphatic rings. The van der Waals surface area contributed by atoms with Crippen LogP contribution in [0, 0.1) is 0 Å². The lowest BCUT2D eigenvalue weighted by Gasteiger charge is -2.26. The van der Waals surface area contributed by atoms with Gasteiger partial charge in [-0.3, -0.25) is 14.3 Å². The van der Waals surface area contributed by atoms with Crippen LogP contribution in [0.4, 0.5) is 0 Å².